The van der Waals surface area contributed by atoms with Gasteiger partial charge in [-0.05, 0) is 19.9 Å². The SMILES string of the molecule is CC(CNCCCO)OP(=O)(O)O. The lowest BCUT2D eigenvalue weighted by Gasteiger charge is -2.13. The number of aliphatic hydroxyl groups excluding tert-OH is 1. The molecule has 0 heterocycles. The quantitative estimate of drug-likeness (QED) is 0.335. The Morgan fingerprint density at radius 1 is 1.54 bits per heavy atom. The number of hydrogen-bond acceptors (Lipinski definition) is 4. The summed E-state index contributed by atoms with van der Waals surface area (Å²) in [6, 6.07) is 0. The first-order valence-corrected chi connectivity index (χ1v) is 5.54. The summed E-state index contributed by atoms with van der Waals surface area (Å²) in [6.45, 7) is 2.61. The van der Waals surface area contributed by atoms with Crippen LogP contribution in [0.15, 0.2) is 0 Å². The van der Waals surface area contributed by atoms with Gasteiger partial charge in [0.05, 0.1) is 6.10 Å². The largest absolute Gasteiger partial charge is 0.469 e. The molecule has 0 aliphatic heterocycles. The Morgan fingerprint density at radius 3 is 2.62 bits per heavy atom. The van der Waals surface area contributed by atoms with E-state index in [1.54, 1.807) is 6.92 Å². The highest BCUT2D eigenvalue weighted by Crippen LogP contribution is 2.37. The van der Waals surface area contributed by atoms with E-state index in [4.69, 9.17) is 14.9 Å². The molecule has 1 atom stereocenters. The summed E-state index contributed by atoms with van der Waals surface area (Å²) in [5.74, 6) is 0. The number of phosphoric ester groups is 1. The van der Waals surface area contributed by atoms with Crippen molar-refractivity contribution in [1.82, 2.24) is 5.32 Å². The van der Waals surface area contributed by atoms with Gasteiger partial charge in [-0.3, -0.25) is 4.52 Å². The monoisotopic (exact) mass is 213 g/mol. The smallest absolute Gasteiger partial charge is 0.396 e. The predicted octanol–water partition coefficient (Wildman–Crippen LogP) is -0.544. The van der Waals surface area contributed by atoms with Crippen LogP contribution in [0.25, 0.3) is 0 Å². The molecule has 0 aromatic rings. The van der Waals surface area contributed by atoms with Crippen molar-refractivity contribution in [1.29, 1.82) is 0 Å². The molecular weight excluding hydrogens is 197 g/mol. The van der Waals surface area contributed by atoms with Gasteiger partial charge in [-0.1, -0.05) is 0 Å². The molecule has 0 radical (unpaired) electrons. The zero-order chi connectivity index (χ0) is 10.3. The van der Waals surface area contributed by atoms with Crippen molar-refractivity contribution in [3.05, 3.63) is 0 Å². The first-order chi connectivity index (χ1) is 5.95. The van der Waals surface area contributed by atoms with Gasteiger partial charge in [-0.15, -0.1) is 0 Å². The van der Waals surface area contributed by atoms with Gasteiger partial charge in [0.15, 0.2) is 0 Å². The van der Waals surface area contributed by atoms with Gasteiger partial charge < -0.3 is 20.2 Å². The molecule has 0 aliphatic carbocycles. The molecule has 13 heavy (non-hydrogen) atoms. The molecule has 0 saturated carbocycles. The van der Waals surface area contributed by atoms with Crippen LogP contribution in [0.5, 0.6) is 0 Å². The maximum Gasteiger partial charge on any atom is 0.469 e. The van der Waals surface area contributed by atoms with E-state index in [1.165, 1.54) is 0 Å². The number of aliphatic hydroxyl groups is 1. The van der Waals surface area contributed by atoms with Crippen LogP contribution in [0.3, 0.4) is 0 Å². The molecule has 0 amide bonds. The van der Waals surface area contributed by atoms with Gasteiger partial charge in [0, 0.05) is 13.2 Å². The van der Waals surface area contributed by atoms with Gasteiger partial charge in [0.1, 0.15) is 0 Å². The molecule has 0 bridgehead atoms. The van der Waals surface area contributed by atoms with E-state index in [-0.39, 0.29) is 6.61 Å². The second-order valence-electron chi connectivity index (χ2n) is 2.69. The highest BCUT2D eigenvalue weighted by Gasteiger charge is 2.17. The zero-order valence-electron chi connectivity index (χ0n) is 7.51. The summed E-state index contributed by atoms with van der Waals surface area (Å²) in [5, 5.41) is 11.3. The van der Waals surface area contributed by atoms with E-state index in [0.717, 1.165) is 0 Å². The average Bonchev–Trinajstić information content (AvgIpc) is 1.94. The zero-order valence-corrected chi connectivity index (χ0v) is 8.41. The molecule has 0 aromatic heterocycles. The van der Waals surface area contributed by atoms with Crippen LogP contribution in [0, 0.1) is 0 Å². The van der Waals surface area contributed by atoms with Gasteiger partial charge >= 0.3 is 7.82 Å². The highest BCUT2D eigenvalue weighted by molar-refractivity contribution is 7.46. The fourth-order valence-corrected chi connectivity index (χ4v) is 1.32. The van der Waals surface area contributed by atoms with E-state index >= 15 is 0 Å². The molecule has 0 rings (SSSR count). The Labute approximate surface area is 77.2 Å². The van der Waals surface area contributed by atoms with E-state index in [0.29, 0.717) is 19.5 Å². The third-order valence-corrected chi connectivity index (χ3v) is 1.90. The Balaban J connectivity index is 3.41. The Kier molecular flexibility index (Phi) is 6.49. The van der Waals surface area contributed by atoms with Crippen molar-refractivity contribution in [2.24, 2.45) is 0 Å². The van der Waals surface area contributed by atoms with Crippen LogP contribution in [-0.2, 0) is 9.09 Å². The van der Waals surface area contributed by atoms with Crippen molar-refractivity contribution in [3.63, 3.8) is 0 Å². The van der Waals surface area contributed by atoms with Gasteiger partial charge in [0.25, 0.3) is 0 Å². The van der Waals surface area contributed by atoms with E-state index in [2.05, 4.69) is 9.84 Å². The molecule has 1 unspecified atom stereocenters. The van der Waals surface area contributed by atoms with Crippen molar-refractivity contribution in [3.8, 4) is 0 Å². The van der Waals surface area contributed by atoms with Crippen LogP contribution in [0.1, 0.15) is 13.3 Å². The summed E-state index contributed by atoms with van der Waals surface area (Å²) in [6.07, 6.45) is 0.0716. The Morgan fingerprint density at radius 2 is 2.15 bits per heavy atom. The van der Waals surface area contributed by atoms with Crippen LogP contribution >= 0.6 is 7.82 Å². The lowest BCUT2D eigenvalue weighted by Crippen LogP contribution is -2.27. The summed E-state index contributed by atoms with van der Waals surface area (Å²) in [7, 11) is -4.37. The second kappa shape index (κ2) is 6.48. The molecule has 6 nitrogen and oxygen atoms in total. The fraction of sp³-hybridized carbons (Fsp3) is 1.00. The lowest BCUT2D eigenvalue weighted by atomic mass is 10.4. The maximum atomic E-state index is 10.3. The maximum absolute atomic E-state index is 10.3. The van der Waals surface area contributed by atoms with Crippen LogP contribution in [-0.4, -0.2) is 40.7 Å². The van der Waals surface area contributed by atoms with Gasteiger partial charge in [-0.2, -0.15) is 0 Å². The number of nitrogens with one attached hydrogen (secondary N) is 1. The van der Waals surface area contributed by atoms with Crippen LogP contribution < -0.4 is 5.32 Å². The molecule has 0 spiro atoms. The molecule has 0 aromatic carbocycles. The van der Waals surface area contributed by atoms with Crippen molar-refractivity contribution >= 4 is 7.82 Å². The number of phosphoric acid groups is 1. The second-order valence-corrected chi connectivity index (χ2v) is 3.88. The summed E-state index contributed by atoms with van der Waals surface area (Å²) < 4.78 is 14.7. The Bertz CT molecular complexity index is 170. The minimum absolute atomic E-state index is 0.0979. The van der Waals surface area contributed by atoms with Crippen molar-refractivity contribution in [2.45, 2.75) is 19.4 Å². The normalized spacial score (nSPS) is 14.5. The fourth-order valence-electron chi connectivity index (χ4n) is 0.781. The number of rotatable bonds is 7. The first kappa shape index (κ1) is 13.0. The van der Waals surface area contributed by atoms with E-state index in [1.807, 2.05) is 0 Å². The van der Waals surface area contributed by atoms with E-state index in [9.17, 15) is 4.57 Å². The van der Waals surface area contributed by atoms with Gasteiger partial charge in [-0.25, -0.2) is 4.57 Å². The third-order valence-electron chi connectivity index (χ3n) is 1.26. The minimum atomic E-state index is -4.37. The molecule has 0 fully saturated rings. The third kappa shape index (κ3) is 9.95. The average molecular weight is 213 g/mol. The molecule has 80 valence electrons. The van der Waals surface area contributed by atoms with Gasteiger partial charge in [0.2, 0.25) is 0 Å². The molecule has 7 heteroatoms. The minimum Gasteiger partial charge on any atom is -0.396 e. The topological polar surface area (TPSA) is 99.0 Å². The van der Waals surface area contributed by atoms with E-state index < -0.39 is 13.9 Å². The van der Waals surface area contributed by atoms with Crippen LogP contribution in [0.4, 0.5) is 0 Å². The molecule has 4 N–H and O–H groups in total. The molecular formula is C6H16NO5P. The molecule has 0 aliphatic rings. The van der Waals surface area contributed by atoms with Crippen LogP contribution in [0.2, 0.25) is 0 Å². The Hall–Kier alpha value is 0.0300. The summed E-state index contributed by atoms with van der Waals surface area (Å²) in [5.41, 5.74) is 0. The number of hydrogen-bond donors (Lipinski definition) is 4. The predicted molar refractivity (Wildman–Crippen MR) is 47.2 cm³/mol. The standard InChI is InChI=1S/C6H16NO5P/c1-6(12-13(9,10)11)5-7-3-2-4-8/h6-8H,2-5H2,1H3,(H2,9,10,11). The molecule has 0 saturated heterocycles. The first-order valence-electron chi connectivity index (χ1n) is 4.01. The summed E-state index contributed by atoms with van der Waals surface area (Å²) >= 11 is 0. The summed E-state index contributed by atoms with van der Waals surface area (Å²) in [4.78, 5) is 16.8. The van der Waals surface area contributed by atoms with Crippen molar-refractivity contribution in [2.75, 3.05) is 19.7 Å². The van der Waals surface area contributed by atoms with Crippen molar-refractivity contribution < 1.29 is 24.0 Å². The highest BCUT2D eigenvalue weighted by atomic mass is 31.2. The lowest BCUT2D eigenvalue weighted by molar-refractivity contribution is 0.142.